The third kappa shape index (κ3) is 4.35. The second-order valence-electron chi connectivity index (χ2n) is 5.35. The predicted octanol–water partition coefficient (Wildman–Crippen LogP) is 3.13. The Morgan fingerprint density at radius 3 is 2.64 bits per heavy atom. The highest BCUT2D eigenvalue weighted by Gasteiger charge is 2.32. The molecule has 22 heavy (non-hydrogen) atoms. The maximum absolute atomic E-state index is 12.6. The minimum absolute atomic E-state index is 0.0121. The molecule has 1 amide bonds. The van der Waals surface area contributed by atoms with E-state index in [0.29, 0.717) is 26.1 Å². The zero-order valence-electron chi connectivity index (χ0n) is 12.4. The Bertz CT molecular complexity index is 512. The van der Waals surface area contributed by atoms with Gasteiger partial charge in [-0.25, -0.2) is 4.98 Å². The summed E-state index contributed by atoms with van der Waals surface area (Å²) in [5, 5.41) is 0. The number of likely N-dealkylation sites (tertiary alicyclic amines) is 1. The van der Waals surface area contributed by atoms with Gasteiger partial charge in [-0.2, -0.15) is 13.2 Å². The highest BCUT2D eigenvalue weighted by molar-refractivity contribution is 5.75. The van der Waals surface area contributed by atoms with Crippen LogP contribution in [0.15, 0.2) is 18.2 Å². The van der Waals surface area contributed by atoms with Crippen molar-refractivity contribution in [2.75, 3.05) is 19.7 Å². The van der Waals surface area contributed by atoms with E-state index in [4.69, 9.17) is 4.74 Å². The fraction of sp³-hybridized carbons (Fsp3) is 0.600. The maximum atomic E-state index is 12.6. The number of aromatic nitrogens is 1. The summed E-state index contributed by atoms with van der Waals surface area (Å²) in [4.78, 5) is 16.9. The van der Waals surface area contributed by atoms with Crippen molar-refractivity contribution in [2.24, 2.45) is 5.92 Å². The minimum Gasteiger partial charge on any atom is -0.477 e. The summed E-state index contributed by atoms with van der Waals surface area (Å²) < 4.78 is 43.1. The highest BCUT2D eigenvalue weighted by Crippen LogP contribution is 2.29. The molecule has 2 heterocycles. The molecule has 1 aromatic rings. The Hall–Kier alpha value is -1.79. The first kappa shape index (κ1) is 16.6. The third-order valence-corrected chi connectivity index (χ3v) is 3.75. The van der Waals surface area contributed by atoms with E-state index in [9.17, 15) is 18.0 Å². The van der Waals surface area contributed by atoms with Crippen molar-refractivity contribution in [2.45, 2.75) is 32.4 Å². The molecule has 1 aliphatic heterocycles. The van der Waals surface area contributed by atoms with E-state index in [1.165, 1.54) is 12.1 Å². The quantitative estimate of drug-likeness (QED) is 0.857. The van der Waals surface area contributed by atoms with Crippen LogP contribution in [0.1, 0.15) is 31.9 Å². The van der Waals surface area contributed by atoms with Crippen molar-refractivity contribution in [1.29, 1.82) is 0 Å². The van der Waals surface area contributed by atoms with Crippen molar-refractivity contribution >= 4 is 5.91 Å². The summed E-state index contributed by atoms with van der Waals surface area (Å²) in [5.74, 6) is 0.359. The molecule has 0 bridgehead atoms. The molecule has 7 heteroatoms. The van der Waals surface area contributed by atoms with Gasteiger partial charge in [-0.3, -0.25) is 4.79 Å². The van der Waals surface area contributed by atoms with E-state index in [2.05, 4.69) is 4.98 Å². The summed E-state index contributed by atoms with van der Waals surface area (Å²) in [6.07, 6.45) is -2.38. The Kier molecular flexibility index (Phi) is 5.26. The van der Waals surface area contributed by atoms with Gasteiger partial charge in [-0.15, -0.1) is 0 Å². The number of carbonyl (C=O) groups excluding carboxylic acids is 1. The first-order valence-corrected chi connectivity index (χ1v) is 7.35. The Morgan fingerprint density at radius 1 is 1.36 bits per heavy atom. The van der Waals surface area contributed by atoms with Crippen LogP contribution in [-0.2, 0) is 11.0 Å². The Labute approximate surface area is 127 Å². The average molecular weight is 316 g/mol. The van der Waals surface area contributed by atoms with E-state index < -0.39 is 11.9 Å². The topological polar surface area (TPSA) is 42.4 Å². The fourth-order valence-electron chi connectivity index (χ4n) is 2.43. The molecule has 4 nitrogen and oxygen atoms in total. The highest BCUT2D eigenvalue weighted by atomic mass is 19.4. The largest absolute Gasteiger partial charge is 0.477 e. The van der Waals surface area contributed by atoms with Gasteiger partial charge in [0.1, 0.15) is 5.69 Å². The first-order valence-electron chi connectivity index (χ1n) is 7.35. The second kappa shape index (κ2) is 6.98. The normalized spacial score (nSPS) is 16.6. The number of nitrogens with zero attached hydrogens (tertiary/aromatic N) is 2. The predicted molar refractivity (Wildman–Crippen MR) is 74.3 cm³/mol. The molecule has 1 aromatic heterocycles. The third-order valence-electron chi connectivity index (χ3n) is 3.75. The van der Waals surface area contributed by atoms with Gasteiger partial charge in [-0.1, -0.05) is 13.0 Å². The SMILES string of the molecule is CCC(=O)N1CCC(COc2cccc(C(F)(F)F)n2)CC1. The van der Waals surface area contributed by atoms with Crippen molar-refractivity contribution in [3.63, 3.8) is 0 Å². The van der Waals surface area contributed by atoms with E-state index >= 15 is 0 Å². The molecule has 122 valence electrons. The molecular formula is C15H19F3N2O2. The molecule has 1 fully saturated rings. The number of alkyl halides is 3. The van der Waals surface area contributed by atoms with Gasteiger partial charge in [0.2, 0.25) is 11.8 Å². The van der Waals surface area contributed by atoms with Crippen LogP contribution in [0.25, 0.3) is 0 Å². The number of halogens is 3. The van der Waals surface area contributed by atoms with Crippen LogP contribution in [0, 0.1) is 5.92 Å². The summed E-state index contributed by atoms with van der Waals surface area (Å²) in [6, 6.07) is 3.63. The molecule has 0 saturated carbocycles. The molecule has 1 aliphatic rings. The number of piperidine rings is 1. The van der Waals surface area contributed by atoms with Crippen LogP contribution < -0.4 is 4.74 Å². The monoisotopic (exact) mass is 316 g/mol. The fourth-order valence-corrected chi connectivity index (χ4v) is 2.43. The summed E-state index contributed by atoms with van der Waals surface area (Å²) >= 11 is 0. The summed E-state index contributed by atoms with van der Waals surface area (Å²) in [5.41, 5.74) is -0.951. The molecule has 0 atom stereocenters. The molecule has 2 rings (SSSR count). The number of carbonyl (C=O) groups is 1. The Balaban J connectivity index is 1.83. The summed E-state index contributed by atoms with van der Waals surface area (Å²) in [6.45, 7) is 3.51. The van der Waals surface area contributed by atoms with Gasteiger partial charge < -0.3 is 9.64 Å². The van der Waals surface area contributed by atoms with Crippen LogP contribution in [0.5, 0.6) is 5.88 Å². The summed E-state index contributed by atoms with van der Waals surface area (Å²) in [7, 11) is 0. The van der Waals surface area contributed by atoms with Crippen molar-refractivity contribution in [3.8, 4) is 5.88 Å². The lowest BCUT2D eigenvalue weighted by atomic mass is 9.97. The molecule has 0 N–H and O–H groups in total. The van der Waals surface area contributed by atoms with Crippen molar-refractivity contribution in [1.82, 2.24) is 9.88 Å². The van der Waals surface area contributed by atoms with Crippen LogP contribution >= 0.6 is 0 Å². The van der Waals surface area contributed by atoms with Gasteiger partial charge in [-0.05, 0) is 24.8 Å². The van der Waals surface area contributed by atoms with E-state index in [-0.39, 0.29) is 17.7 Å². The molecule has 0 unspecified atom stereocenters. The van der Waals surface area contributed by atoms with Gasteiger partial charge in [0.05, 0.1) is 6.61 Å². The first-order chi connectivity index (χ1) is 10.4. The van der Waals surface area contributed by atoms with Crippen LogP contribution in [0.2, 0.25) is 0 Å². The minimum atomic E-state index is -4.47. The van der Waals surface area contributed by atoms with Crippen LogP contribution in [0.4, 0.5) is 13.2 Å². The molecule has 0 spiro atoms. The standard InChI is InChI=1S/C15H19F3N2O2/c1-2-14(21)20-8-6-11(7-9-20)10-22-13-5-3-4-12(19-13)15(16,17)18/h3-5,11H,2,6-10H2,1H3. The zero-order chi connectivity index (χ0) is 16.2. The van der Waals surface area contributed by atoms with Crippen molar-refractivity contribution in [3.05, 3.63) is 23.9 Å². The van der Waals surface area contributed by atoms with Gasteiger partial charge in [0.25, 0.3) is 0 Å². The number of hydrogen-bond acceptors (Lipinski definition) is 3. The van der Waals surface area contributed by atoms with E-state index in [1.54, 1.807) is 0 Å². The molecule has 0 aromatic carbocycles. The lowest BCUT2D eigenvalue weighted by Gasteiger charge is -2.31. The molecule has 1 saturated heterocycles. The van der Waals surface area contributed by atoms with Gasteiger partial charge in [0, 0.05) is 25.6 Å². The average Bonchev–Trinajstić information content (AvgIpc) is 2.52. The van der Waals surface area contributed by atoms with E-state index in [0.717, 1.165) is 18.9 Å². The Morgan fingerprint density at radius 2 is 2.05 bits per heavy atom. The molecule has 0 aliphatic carbocycles. The van der Waals surface area contributed by atoms with Crippen molar-refractivity contribution < 1.29 is 22.7 Å². The maximum Gasteiger partial charge on any atom is 0.433 e. The second-order valence-corrected chi connectivity index (χ2v) is 5.35. The number of amides is 1. The number of pyridine rings is 1. The number of ether oxygens (including phenoxy) is 1. The van der Waals surface area contributed by atoms with Gasteiger partial charge in [0.15, 0.2) is 0 Å². The molecule has 0 radical (unpaired) electrons. The van der Waals surface area contributed by atoms with Crippen LogP contribution in [0.3, 0.4) is 0 Å². The zero-order valence-corrected chi connectivity index (χ0v) is 12.4. The lowest BCUT2D eigenvalue weighted by Crippen LogP contribution is -2.39. The number of rotatable bonds is 4. The lowest BCUT2D eigenvalue weighted by molar-refractivity contribution is -0.141. The van der Waals surface area contributed by atoms with Crippen LogP contribution in [-0.4, -0.2) is 35.5 Å². The van der Waals surface area contributed by atoms with E-state index in [1.807, 2.05) is 11.8 Å². The number of hydrogen-bond donors (Lipinski definition) is 0. The smallest absolute Gasteiger partial charge is 0.433 e. The van der Waals surface area contributed by atoms with Gasteiger partial charge >= 0.3 is 6.18 Å². The molecular weight excluding hydrogens is 297 g/mol.